The summed E-state index contributed by atoms with van der Waals surface area (Å²) < 4.78 is 0. The molecule has 1 rings (SSSR count). The van der Waals surface area contributed by atoms with Crippen molar-refractivity contribution >= 4 is 11.3 Å². The molecule has 1 heterocycles. The van der Waals surface area contributed by atoms with E-state index in [1.54, 1.807) is 11.3 Å². The van der Waals surface area contributed by atoms with E-state index in [1.807, 2.05) is 0 Å². The fourth-order valence-corrected chi connectivity index (χ4v) is 2.52. The Morgan fingerprint density at radius 2 is 2.00 bits per heavy atom. The third-order valence-electron chi connectivity index (χ3n) is 2.52. The van der Waals surface area contributed by atoms with E-state index < -0.39 is 0 Å². The lowest BCUT2D eigenvalue weighted by Gasteiger charge is -2.05. The first-order valence-corrected chi connectivity index (χ1v) is 7.00. The SMILES string of the molecule is CCCC(C)c1nnc(CCNC(C)C)s1. The van der Waals surface area contributed by atoms with E-state index in [-0.39, 0.29) is 0 Å². The second kappa shape index (κ2) is 6.97. The highest BCUT2D eigenvalue weighted by Gasteiger charge is 2.10. The predicted octanol–water partition coefficient (Wildman–Crippen LogP) is 2.98. The summed E-state index contributed by atoms with van der Waals surface area (Å²) in [5, 5.41) is 14.3. The minimum Gasteiger partial charge on any atom is -0.314 e. The lowest BCUT2D eigenvalue weighted by atomic mass is 10.1. The van der Waals surface area contributed by atoms with Crippen molar-refractivity contribution in [2.75, 3.05) is 6.54 Å². The lowest BCUT2D eigenvalue weighted by molar-refractivity contribution is 0.588. The summed E-state index contributed by atoms with van der Waals surface area (Å²) in [6.07, 6.45) is 3.42. The first-order chi connectivity index (χ1) is 7.63. The molecule has 1 aromatic heterocycles. The first-order valence-electron chi connectivity index (χ1n) is 6.19. The number of rotatable bonds is 7. The minimum absolute atomic E-state index is 0.548. The van der Waals surface area contributed by atoms with Gasteiger partial charge >= 0.3 is 0 Å². The summed E-state index contributed by atoms with van der Waals surface area (Å²) in [6.45, 7) is 9.77. The molecule has 0 aliphatic heterocycles. The highest BCUT2D eigenvalue weighted by atomic mass is 32.1. The van der Waals surface area contributed by atoms with Crippen molar-refractivity contribution in [2.45, 2.75) is 58.9 Å². The maximum Gasteiger partial charge on any atom is 0.120 e. The van der Waals surface area contributed by atoms with Crippen molar-refractivity contribution in [3.05, 3.63) is 10.0 Å². The summed E-state index contributed by atoms with van der Waals surface area (Å²) in [4.78, 5) is 0. The fraction of sp³-hybridized carbons (Fsp3) is 0.833. The van der Waals surface area contributed by atoms with Gasteiger partial charge in [-0.15, -0.1) is 21.5 Å². The topological polar surface area (TPSA) is 37.8 Å². The van der Waals surface area contributed by atoms with Gasteiger partial charge in [-0.1, -0.05) is 34.1 Å². The number of aromatic nitrogens is 2. The Balaban J connectivity index is 2.39. The largest absolute Gasteiger partial charge is 0.314 e. The van der Waals surface area contributed by atoms with Crippen molar-refractivity contribution in [2.24, 2.45) is 0 Å². The molecule has 0 bridgehead atoms. The molecular weight excluding hydrogens is 218 g/mol. The van der Waals surface area contributed by atoms with Crippen molar-refractivity contribution in [1.82, 2.24) is 15.5 Å². The smallest absolute Gasteiger partial charge is 0.120 e. The third kappa shape index (κ3) is 4.58. The zero-order valence-electron chi connectivity index (χ0n) is 10.8. The molecule has 0 aliphatic carbocycles. The standard InChI is InChI=1S/C12H23N3S/c1-5-6-10(4)12-15-14-11(16-12)7-8-13-9(2)3/h9-10,13H,5-8H2,1-4H3. The first kappa shape index (κ1) is 13.6. The van der Waals surface area contributed by atoms with Crippen molar-refractivity contribution in [3.63, 3.8) is 0 Å². The lowest BCUT2D eigenvalue weighted by Crippen LogP contribution is -2.24. The molecule has 0 aromatic carbocycles. The maximum absolute atomic E-state index is 4.27. The Bertz CT molecular complexity index is 296. The molecule has 0 fully saturated rings. The van der Waals surface area contributed by atoms with Crippen LogP contribution in [0, 0.1) is 0 Å². The zero-order valence-corrected chi connectivity index (χ0v) is 11.6. The summed E-state index contributed by atoms with van der Waals surface area (Å²) >= 11 is 1.77. The van der Waals surface area contributed by atoms with E-state index >= 15 is 0 Å². The van der Waals surface area contributed by atoms with Gasteiger partial charge in [-0.05, 0) is 6.42 Å². The summed E-state index contributed by atoms with van der Waals surface area (Å²) in [7, 11) is 0. The third-order valence-corrected chi connectivity index (χ3v) is 3.73. The van der Waals surface area contributed by atoms with Crippen LogP contribution in [0.1, 0.15) is 56.5 Å². The minimum atomic E-state index is 0.548. The van der Waals surface area contributed by atoms with Crippen molar-refractivity contribution in [1.29, 1.82) is 0 Å². The van der Waals surface area contributed by atoms with E-state index in [1.165, 1.54) is 17.8 Å². The Hall–Kier alpha value is -0.480. The zero-order chi connectivity index (χ0) is 12.0. The molecule has 1 aromatic rings. The van der Waals surface area contributed by atoms with Crippen LogP contribution in [0.2, 0.25) is 0 Å². The molecule has 1 atom stereocenters. The van der Waals surface area contributed by atoms with Gasteiger partial charge in [0.1, 0.15) is 10.0 Å². The molecule has 0 aliphatic rings. The van der Waals surface area contributed by atoms with Crippen LogP contribution in [0.5, 0.6) is 0 Å². The van der Waals surface area contributed by atoms with Gasteiger partial charge in [0.25, 0.3) is 0 Å². The van der Waals surface area contributed by atoms with Gasteiger partial charge in [0.15, 0.2) is 0 Å². The molecule has 16 heavy (non-hydrogen) atoms. The van der Waals surface area contributed by atoms with Gasteiger partial charge < -0.3 is 5.32 Å². The second-order valence-corrected chi connectivity index (χ2v) is 5.68. The van der Waals surface area contributed by atoms with Crippen LogP contribution in [-0.4, -0.2) is 22.8 Å². The van der Waals surface area contributed by atoms with Gasteiger partial charge in [-0.2, -0.15) is 0 Å². The van der Waals surface area contributed by atoms with Gasteiger partial charge in [0.05, 0.1) is 0 Å². The van der Waals surface area contributed by atoms with Crippen LogP contribution in [-0.2, 0) is 6.42 Å². The summed E-state index contributed by atoms with van der Waals surface area (Å²) in [5.41, 5.74) is 0. The molecule has 0 amide bonds. The molecule has 0 spiro atoms. The second-order valence-electron chi connectivity index (χ2n) is 4.58. The van der Waals surface area contributed by atoms with Crippen molar-refractivity contribution in [3.8, 4) is 0 Å². The van der Waals surface area contributed by atoms with Crippen LogP contribution in [0.3, 0.4) is 0 Å². The number of nitrogens with one attached hydrogen (secondary N) is 1. The Kier molecular flexibility index (Phi) is 5.91. The quantitative estimate of drug-likeness (QED) is 0.797. The molecule has 0 saturated heterocycles. The van der Waals surface area contributed by atoms with Crippen molar-refractivity contribution < 1.29 is 0 Å². The maximum atomic E-state index is 4.27. The molecule has 0 saturated carbocycles. The summed E-state index contributed by atoms with van der Waals surface area (Å²) in [6, 6.07) is 0.548. The van der Waals surface area contributed by atoms with Crippen LogP contribution in [0.4, 0.5) is 0 Å². The van der Waals surface area contributed by atoms with Crippen LogP contribution in [0.15, 0.2) is 0 Å². The molecule has 4 heteroatoms. The average Bonchev–Trinajstić information content (AvgIpc) is 2.66. The fourth-order valence-electron chi connectivity index (χ4n) is 1.59. The van der Waals surface area contributed by atoms with Gasteiger partial charge in [-0.25, -0.2) is 0 Å². The van der Waals surface area contributed by atoms with E-state index in [2.05, 4.69) is 43.2 Å². The molecule has 1 N–H and O–H groups in total. The van der Waals surface area contributed by atoms with Crippen LogP contribution >= 0.6 is 11.3 Å². The monoisotopic (exact) mass is 241 g/mol. The highest BCUT2D eigenvalue weighted by molar-refractivity contribution is 7.11. The van der Waals surface area contributed by atoms with Gasteiger partial charge in [0, 0.05) is 24.9 Å². The van der Waals surface area contributed by atoms with Gasteiger partial charge in [-0.3, -0.25) is 0 Å². The Morgan fingerprint density at radius 1 is 1.25 bits per heavy atom. The van der Waals surface area contributed by atoms with E-state index in [0.29, 0.717) is 12.0 Å². The number of nitrogens with zero attached hydrogens (tertiary/aromatic N) is 2. The molecule has 0 radical (unpaired) electrons. The Labute approximate surface area is 103 Å². The summed E-state index contributed by atoms with van der Waals surface area (Å²) in [5.74, 6) is 0.564. The molecule has 92 valence electrons. The number of hydrogen-bond acceptors (Lipinski definition) is 4. The van der Waals surface area contributed by atoms with Crippen LogP contribution in [0.25, 0.3) is 0 Å². The predicted molar refractivity (Wildman–Crippen MR) is 70.1 cm³/mol. The molecule has 1 unspecified atom stereocenters. The van der Waals surface area contributed by atoms with E-state index in [0.717, 1.165) is 18.0 Å². The Morgan fingerprint density at radius 3 is 2.62 bits per heavy atom. The van der Waals surface area contributed by atoms with Gasteiger partial charge in [0.2, 0.25) is 0 Å². The normalized spacial score (nSPS) is 13.3. The van der Waals surface area contributed by atoms with E-state index in [4.69, 9.17) is 0 Å². The number of hydrogen-bond donors (Lipinski definition) is 1. The molecular formula is C12H23N3S. The highest BCUT2D eigenvalue weighted by Crippen LogP contribution is 2.23. The average molecular weight is 241 g/mol. The van der Waals surface area contributed by atoms with E-state index in [9.17, 15) is 0 Å². The van der Waals surface area contributed by atoms with Crippen LogP contribution < -0.4 is 5.32 Å². The molecule has 3 nitrogen and oxygen atoms in total.